The molecule has 0 radical (unpaired) electrons. The zero-order valence-electron chi connectivity index (χ0n) is 18.7. The van der Waals surface area contributed by atoms with Crippen molar-refractivity contribution in [3.8, 4) is 5.75 Å². The Kier molecular flexibility index (Phi) is 5.85. The van der Waals surface area contributed by atoms with Crippen LogP contribution < -0.4 is 4.74 Å². The van der Waals surface area contributed by atoms with Gasteiger partial charge in [-0.05, 0) is 62.2 Å². The first-order valence-electron chi connectivity index (χ1n) is 10.3. The number of fused-ring (bicyclic) bond motifs is 1. The fourth-order valence-corrected chi connectivity index (χ4v) is 4.54. The van der Waals surface area contributed by atoms with E-state index in [2.05, 4.69) is 16.6 Å². The first-order valence-corrected chi connectivity index (χ1v) is 11.1. The number of alkyl halides is 3. The van der Waals surface area contributed by atoms with E-state index in [1.165, 1.54) is 37.3 Å². The van der Waals surface area contributed by atoms with E-state index >= 15 is 0 Å². The SMILES string of the molecule is C=C1C(c2ccc(C(F)(F)F)cc2)=NC(C)=C1Cc1nc2ccc(OC(C)(C)C(=O)O)cc2s1. The summed E-state index contributed by atoms with van der Waals surface area (Å²) < 4.78 is 45.1. The third-order valence-corrected chi connectivity index (χ3v) is 6.49. The van der Waals surface area contributed by atoms with Crippen LogP contribution in [0.2, 0.25) is 0 Å². The van der Waals surface area contributed by atoms with Crippen LogP contribution in [0.15, 0.2) is 70.9 Å². The minimum Gasteiger partial charge on any atom is -0.478 e. The number of nitrogens with zero attached hydrogens (tertiary/aromatic N) is 2. The number of aromatic nitrogens is 1. The highest BCUT2D eigenvalue weighted by Gasteiger charge is 2.31. The van der Waals surface area contributed by atoms with Crippen LogP contribution in [-0.4, -0.2) is 27.4 Å². The first kappa shape index (κ1) is 23.7. The Morgan fingerprint density at radius 2 is 1.82 bits per heavy atom. The third kappa shape index (κ3) is 4.61. The number of hydrogen-bond acceptors (Lipinski definition) is 5. The summed E-state index contributed by atoms with van der Waals surface area (Å²) in [5.74, 6) is -0.632. The molecule has 1 aliphatic rings. The summed E-state index contributed by atoms with van der Waals surface area (Å²) >= 11 is 1.45. The largest absolute Gasteiger partial charge is 0.478 e. The van der Waals surface area contributed by atoms with Crippen molar-refractivity contribution < 1.29 is 27.8 Å². The number of carboxylic acids is 1. The molecule has 0 atom stereocenters. The Morgan fingerprint density at radius 3 is 2.44 bits per heavy atom. The molecule has 1 aliphatic heterocycles. The summed E-state index contributed by atoms with van der Waals surface area (Å²) in [5, 5.41) is 10.1. The molecule has 1 N–H and O–H groups in total. The van der Waals surface area contributed by atoms with Crippen molar-refractivity contribution in [2.75, 3.05) is 0 Å². The number of halogens is 3. The van der Waals surface area contributed by atoms with Crippen LogP contribution in [0.4, 0.5) is 13.2 Å². The zero-order chi connectivity index (χ0) is 24.8. The number of benzene rings is 2. The molecule has 0 saturated carbocycles. The summed E-state index contributed by atoms with van der Waals surface area (Å²) in [6.07, 6.45) is -3.93. The van der Waals surface area contributed by atoms with Crippen molar-refractivity contribution in [2.45, 2.75) is 39.0 Å². The topological polar surface area (TPSA) is 71.8 Å². The normalized spacial score (nSPS) is 14.6. The molecule has 0 aliphatic carbocycles. The molecule has 0 spiro atoms. The lowest BCUT2D eigenvalue weighted by molar-refractivity contribution is -0.152. The molecule has 0 unspecified atom stereocenters. The zero-order valence-corrected chi connectivity index (χ0v) is 19.5. The van der Waals surface area contributed by atoms with Gasteiger partial charge >= 0.3 is 12.1 Å². The van der Waals surface area contributed by atoms with Gasteiger partial charge in [-0.3, -0.25) is 4.99 Å². The van der Waals surface area contributed by atoms with E-state index in [1.54, 1.807) is 18.2 Å². The third-order valence-electron chi connectivity index (χ3n) is 5.47. The monoisotopic (exact) mass is 486 g/mol. The number of aliphatic carboxylic acids is 1. The van der Waals surface area contributed by atoms with Crippen LogP contribution in [-0.2, 0) is 17.4 Å². The Morgan fingerprint density at radius 1 is 1.15 bits per heavy atom. The summed E-state index contributed by atoms with van der Waals surface area (Å²) in [4.78, 5) is 20.5. The molecule has 5 nitrogen and oxygen atoms in total. The maximum atomic E-state index is 12.9. The number of allylic oxidation sites excluding steroid dienone is 3. The van der Waals surface area contributed by atoms with Gasteiger partial charge < -0.3 is 9.84 Å². The lowest BCUT2D eigenvalue weighted by Crippen LogP contribution is -2.37. The quantitative estimate of drug-likeness (QED) is 0.436. The van der Waals surface area contributed by atoms with Crippen molar-refractivity contribution in [1.29, 1.82) is 0 Å². The second-order valence-corrected chi connectivity index (χ2v) is 9.52. The Bertz CT molecular complexity index is 1370. The van der Waals surface area contributed by atoms with Crippen LogP contribution in [0.25, 0.3) is 10.2 Å². The number of hydrogen-bond donors (Lipinski definition) is 1. The number of carbonyl (C=O) groups is 1. The van der Waals surface area contributed by atoms with Crippen molar-refractivity contribution in [1.82, 2.24) is 4.98 Å². The molecule has 0 fully saturated rings. The van der Waals surface area contributed by atoms with Crippen LogP contribution in [0, 0.1) is 0 Å². The Labute approximate surface area is 197 Å². The average molecular weight is 487 g/mol. The van der Waals surface area contributed by atoms with Crippen LogP contribution >= 0.6 is 11.3 Å². The molecular weight excluding hydrogens is 465 g/mol. The second kappa shape index (κ2) is 8.39. The van der Waals surface area contributed by atoms with E-state index in [1.807, 2.05) is 6.92 Å². The van der Waals surface area contributed by atoms with Gasteiger partial charge in [0.05, 0.1) is 26.5 Å². The number of carboxylic acid groups (broad SMARTS) is 1. The van der Waals surface area contributed by atoms with Gasteiger partial charge in [0, 0.05) is 17.7 Å². The average Bonchev–Trinajstić information content (AvgIpc) is 3.28. The van der Waals surface area contributed by atoms with E-state index in [4.69, 9.17) is 4.74 Å². The fraction of sp³-hybridized carbons (Fsp3) is 0.240. The summed E-state index contributed by atoms with van der Waals surface area (Å²) in [6, 6.07) is 10.1. The van der Waals surface area contributed by atoms with Gasteiger partial charge in [-0.25, -0.2) is 9.78 Å². The minimum atomic E-state index is -4.40. The van der Waals surface area contributed by atoms with Crippen molar-refractivity contribution in [3.63, 3.8) is 0 Å². The molecule has 2 aromatic carbocycles. The number of thiazole rings is 1. The molecule has 9 heteroatoms. The lowest BCUT2D eigenvalue weighted by Gasteiger charge is -2.21. The van der Waals surface area contributed by atoms with Crippen LogP contribution in [0.1, 0.15) is 36.9 Å². The number of rotatable bonds is 6. The fourth-order valence-electron chi connectivity index (χ4n) is 3.54. The summed E-state index contributed by atoms with van der Waals surface area (Å²) in [6.45, 7) is 8.92. The molecule has 0 amide bonds. The van der Waals surface area contributed by atoms with Gasteiger partial charge in [-0.2, -0.15) is 13.2 Å². The van der Waals surface area contributed by atoms with Gasteiger partial charge in [-0.15, -0.1) is 11.3 Å². The molecule has 2 heterocycles. The number of aliphatic imine (C=N–C) groups is 1. The lowest BCUT2D eigenvalue weighted by atomic mass is 9.96. The van der Waals surface area contributed by atoms with E-state index < -0.39 is 23.3 Å². The first-order chi connectivity index (χ1) is 15.8. The Hall–Kier alpha value is -3.46. The molecule has 4 rings (SSSR count). The Balaban J connectivity index is 1.53. The van der Waals surface area contributed by atoms with Crippen LogP contribution in [0.5, 0.6) is 5.75 Å². The molecule has 176 valence electrons. The summed E-state index contributed by atoms with van der Waals surface area (Å²) in [5.41, 5.74) is 2.07. The van der Waals surface area contributed by atoms with Crippen LogP contribution in [0.3, 0.4) is 0 Å². The standard InChI is InChI=1S/C25H21F3N2O3S/c1-13-18(14(2)29-22(13)15-5-7-16(8-6-15)25(26,27)28)12-21-30-19-10-9-17(11-20(19)34-21)33-24(3,4)23(31)32/h5-11H,1,12H2,2-4H3,(H,31,32). The summed E-state index contributed by atoms with van der Waals surface area (Å²) in [7, 11) is 0. The van der Waals surface area contributed by atoms with E-state index in [0.29, 0.717) is 29.0 Å². The highest BCUT2D eigenvalue weighted by Crippen LogP contribution is 2.35. The van der Waals surface area contributed by atoms with Gasteiger partial charge in [0.1, 0.15) is 5.75 Å². The molecule has 1 aromatic heterocycles. The predicted molar refractivity (Wildman–Crippen MR) is 125 cm³/mol. The van der Waals surface area contributed by atoms with E-state index in [0.717, 1.165) is 38.6 Å². The highest BCUT2D eigenvalue weighted by molar-refractivity contribution is 7.18. The van der Waals surface area contributed by atoms with E-state index in [-0.39, 0.29) is 0 Å². The molecular formula is C25H21F3N2O3S. The number of ether oxygens (including phenoxy) is 1. The van der Waals surface area contributed by atoms with Crippen molar-refractivity contribution >= 4 is 33.2 Å². The molecule has 34 heavy (non-hydrogen) atoms. The van der Waals surface area contributed by atoms with Gasteiger partial charge in [0.25, 0.3) is 0 Å². The molecule has 0 bridgehead atoms. The van der Waals surface area contributed by atoms with E-state index in [9.17, 15) is 23.1 Å². The maximum Gasteiger partial charge on any atom is 0.416 e. The maximum absolute atomic E-state index is 12.9. The highest BCUT2D eigenvalue weighted by atomic mass is 32.1. The van der Waals surface area contributed by atoms with Crippen molar-refractivity contribution in [2.24, 2.45) is 4.99 Å². The predicted octanol–water partition coefficient (Wildman–Crippen LogP) is 6.43. The molecule has 0 saturated heterocycles. The van der Waals surface area contributed by atoms with Gasteiger partial charge in [0.15, 0.2) is 5.60 Å². The minimum absolute atomic E-state index is 0.434. The molecule has 3 aromatic rings. The van der Waals surface area contributed by atoms with Gasteiger partial charge in [-0.1, -0.05) is 18.7 Å². The smallest absolute Gasteiger partial charge is 0.416 e. The van der Waals surface area contributed by atoms with Crippen molar-refractivity contribution in [3.05, 3.63) is 82.0 Å². The second-order valence-electron chi connectivity index (χ2n) is 8.41. The van der Waals surface area contributed by atoms with Gasteiger partial charge in [0.2, 0.25) is 0 Å².